The lowest BCUT2D eigenvalue weighted by atomic mass is 10.0. The second-order valence-electron chi connectivity index (χ2n) is 5.23. The second-order valence-corrected chi connectivity index (χ2v) is 6.93. The topological polar surface area (TPSA) is 72.2 Å². The van der Waals surface area contributed by atoms with Crippen LogP contribution in [0.15, 0.2) is 27.6 Å². The molecule has 0 atom stereocenters. The number of aryl methyl sites for hydroxylation is 4. The van der Waals surface area contributed by atoms with Gasteiger partial charge in [-0.25, -0.2) is 13.1 Å². The number of aromatic nitrogens is 1. The van der Waals surface area contributed by atoms with E-state index in [4.69, 9.17) is 4.52 Å². The third kappa shape index (κ3) is 3.51. The van der Waals surface area contributed by atoms with Gasteiger partial charge in [0, 0.05) is 6.54 Å². The summed E-state index contributed by atoms with van der Waals surface area (Å²) >= 11 is 0. The fraction of sp³-hybridized carbons (Fsp3) is 0.400. The van der Waals surface area contributed by atoms with Crippen molar-refractivity contribution < 1.29 is 12.9 Å². The van der Waals surface area contributed by atoms with Gasteiger partial charge in [0.2, 0.25) is 10.0 Å². The van der Waals surface area contributed by atoms with Gasteiger partial charge in [-0.3, -0.25) is 0 Å². The molecule has 0 aliphatic rings. The summed E-state index contributed by atoms with van der Waals surface area (Å²) < 4.78 is 32.1. The van der Waals surface area contributed by atoms with Gasteiger partial charge in [0.1, 0.15) is 10.6 Å². The molecule has 1 aromatic carbocycles. The number of benzene rings is 1. The monoisotopic (exact) mass is 308 g/mol. The Labute approximate surface area is 125 Å². The fourth-order valence-electron chi connectivity index (χ4n) is 2.32. The fourth-order valence-corrected chi connectivity index (χ4v) is 3.68. The van der Waals surface area contributed by atoms with E-state index in [1.807, 2.05) is 26.0 Å². The van der Waals surface area contributed by atoms with E-state index < -0.39 is 10.0 Å². The van der Waals surface area contributed by atoms with E-state index in [9.17, 15) is 8.42 Å². The SMILES string of the molecule is Cc1ccc(C)c(CCNS(=O)(=O)c2c(C)noc2C)c1. The molecule has 5 nitrogen and oxygen atoms in total. The highest BCUT2D eigenvalue weighted by Gasteiger charge is 2.23. The van der Waals surface area contributed by atoms with Gasteiger partial charge < -0.3 is 4.52 Å². The zero-order valence-electron chi connectivity index (χ0n) is 12.7. The van der Waals surface area contributed by atoms with Crippen LogP contribution in [0, 0.1) is 27.7 Å². The van der Waals surface area contributed by atoms with E-state index in [1.165, 1.54) is 5.56 Å². The third-order valence-electron chi connectivity index (χ3n) is 3.43. The standard InChI is InChI=1S/C15H20N2O3S/c1-10-5-6-11(2)14(9-10)7-8-16-21(18,19)15-12(3)17-20-13(15)4/h5-6,9,16H,7-8H2,1-4H3. The molecule has 0 saturated carbocycles. The molecule has 0 aliphatic carbocycles. The average molecular weight is 308 g/mol. The van der Waals surface area contributed by atoms with Gasteiger partial charge >= 0.3 is 0 Å². The molecule has 0 amide bonds. The minimum Gasteiger partial charge on any atom is -0.360 e. The Bertz CT molecular complexity index is 729. The number of nitrogens with one attached hydrogen (secondary N) is 1. The zero-order chi connectivity index (χ0) is 15.6. The van der Waals surface area contributed by atoms with Crippen LogP contribution in [0.3, 0.4) is 0 Å². The molecular weight excluding hydrogens is 288 g/mol. The smallest absolute Gasteiger partial charge is 0.245 e. The molecule has 1 aromatic heterocycles. The summed E-state index contributed by atoms with van der Waals surface area (Å²) in [5, 5.41) is 3.68. The van der Waals surface area contributed by atoms with E-state index in [1.54, 1.807) is 13.8 Å². The van der Waals surface area contributed by atoms with Crippen LogP contribution in [0.4, 0.5) is 0 Å². The van der Waals surface area contributed by atoms with Gasteiger partial charge in [-0.2, -0.15) is 0 Å². The van der Waals surface area contributed by atoms with Crippen molar-refractivity contribution in [2.24, 2.45) is 0 Å². The van der Waals surface area contributed by atoms with Crippen LogP contribution in [0.1, 0.15) is 28.1 Å². The van der Waals surface area contributed by atoms with Gasteiger partial charge in [0.25, 0.3) is 0 Å². The number of sulfonamides is 1. The maximum Gasteiger partial charge on any atom is 0.245 e. The van der Waals surface area contributed by atoms with E-state index in [0.29, 0.717) is 24.4 Å². The first-order chi connectivity index (χ1) is 9.81. The summed E-state index contributed by atoms with van der Waals surface area (Å²) in [5.74, 6) is 0.312. The van der Waals surface area contributed by atoms with Crippen LogP contribution >= 0.6 is 0 Å². The summed E-state index contributed by atoms with van der Waals surface area (Å²) in [7, 11) is -3.58. The number of hydrogen-bond acceptors (Lipinski definition) is 4. The predicted octanol–water partition coefficient (Wildman–Crippen LogP) is 2.43. The Balaban J connectivity index is 2.08. The highest BCUT2D eigenvalue weighted by molar-refractivity contribution is 7.89. The molecule has 2 aromatic rings. The summed E-state index contributed by atoms with van der Waals surface area (Å²) in [6, 6.07) is 6.18. The Morgan fingerprint density at radius 3 is 2.52 bits per heavy atom. The van der Waals surface area contributed by atoms with Gasteiger partial charge in [-0.15, -0.1) is 0 Å². The zero-order valence-corrected chi connectivity index (χ0v) is 13.5. The van der Waals surface area contributed by atoms with Crippen molar-refractivity contribution in [3.8, 4) is 0 Å². The summed E-state index contributed by atoms with van der Waals surface area (Å²) in [6.07, 6.45) is 0.649. The van der Waals surface area contributed by atoms with Crippen molar-refractivity contribution in [3.05, 3.63) is 46.3 Å². The maximum absolute atomic E-state index is 12.3. The molecule has 21 heavy (non-hydrogen) atoms. The van der Waals surface area contributed by atoms with Crippen molar-refractivity contribution in [1.29, 1.82) is 0 Å². The lowest BCUT2D eigenvalue weighted by Crippen LogP contribution is -2.27. The van der Waals surface area contributed by atoms with Crippen LogP contribution in [0.25, 0.3) is 0 Å². The third-order valence-corrected chi connectivity index (χ3v) is 5.13. The average Bonchev–Trinajstić information content (AvgIpc) is 2.73. The molecule has 6 heteroatoms. The lowest BCUT2D eigenvalue weighted by molar-refractivity contribution is 0.390. The first-order valence-electron chi connectivity index (χ1n) is 6.80. The Morgan fingerprint density at radius 1 is 1.19 bits per heavy atom. The molecule has 1 N–H and O–H groups in total. The first kappa shape index (κ1) is 15.7. The van der Waals surface area contributed by atoms with E-state index in [2.05, 4.69) is 15.9 Å². The summed E-state index contributed by atoms with van der Waals surface area (Å²) in [6.45, 7) is 7.61. The van der Waals surface area contributed by atoms with Crippen molar-refractivity contribution in [1.82, 2.24) is 9.88 Å². The van der Waals surface area contributed by atoms with Gasteiger partial charge in [0.15, 0.2) is 5.76 Å². The predicted molar refractivity (Wildman–Crippen MR) is 80.8 cm³/mol. The highest BCUT2D eigenvalue weighted by atomic mass is 32.2. The van der Waals surface area contributed by atoms with Gasteiger partial charge in [0.05, 0.1) is 0 Å². The summed E-state index contributed by atoms with van der Waals surface area (Å²) in [5.41, 5.74) is 3.87. The van der Waals surface area contributed by atoms with E-state index >= 15 is 0 Å². The van der Waals surface area contributed by atoms with E-state index in [0.717, 1.165) is 11.1 Å². The highest BCUT2D eigenvalue weighted by Crippen LogP contribution is 2.18. The van der Waals surface area contributed by atoms with Crippen molar-refractivity contribution in [2.75, 3.05) is 6.54 Å². The van der Waals surface area contributed by atoms with Crippen molar-refractivity contribution in [3.63, 3.8) is 0 Å². The Morgan fingerprint density at radius 2 is 1.90 bits per heavy atom. The second kappa shape index (κ2) is 5.99. The van der Waals surface area contributed by atoms with Crippen LogP contribution in [-0.4, -0.2) is 20.1 Å². The molecule has 0 aliphatic heterocycles. The molecule has 0 saturated heterocycles. The number of nitrogens with zero attached hydrogens (tertiary/aromatic N) is 1. The minimum absolute atomic E-state index is 0.142. The van der Waals surface area contributed by atoms with E-state index in [-0.39, 0.29) is 4.90 Å². The molecule has 2 rings (SSSR count). The van der Waals surface area contributed by atoms with Crippen molar-refractivity contribution >= 4 is 10.0 Å². The maximum atomic E-state index is 12.3. The molecule has 0 spiro atoms. The van der Waals surface area contributed by atoms with Gasteiger partial charge in [-0.1, -0.05) is 28.9 Å². The quantitative estimate of drug-likeness (QED) is 0.921. The normalized spacial score (nSPS) is 11.8. The molecule has 0 bridgehead atoms. The van der Waals surface area contributed by atoms with Gasteiger partial charge in [-0.05, 0) is 45.2 Å². The molecule has 0 unspecified atom stereocenters. The van der Waals surface area contributed by atoms with Crippen LogP contribution in [0.5, 0.6) is 0 Å². The minimum atomic E-state index is -3.58. The summed E-state index contributed by atoms with van der Waals surface area (Å²) in [4.78, 5) is 0.142. The van der Waals surface area contributed by atoms with Crippen LogP contribution in [-0.2, 0) is 16.4 Å². The molecule has 114 valence electrons. The molecule has 0 radical (unpaired) electrons. The largest absolute Gasteiger partial charge is 0.360 e. The number of hydrogen-bond donors (Lipinski definition) is 1. The van der Waals surface area contributed by atoms with Crippen LogP contribution in [0.2, 0.25) is 0 Å². The number of rotatable bonds is 5. The Hall–Kier alpha value is -1.66. The van der Waals surface area contributed by atoms with Crippen LogP contribution < -0.4 is 4.72 Å². The molecule has 0 fully saturated rings. The molecule has 1 heterocycles. The lowest BCUT2D eigenvalue weighted by Gasteiger charge is -2.09. The molecular formula is C15H20N2O3S. The van der Waals surface area contributed by atoms with Crippen molar-refractivity contribution in [2.45, 2.75) is 39.0 Å². The Kier molecular flexibility index (Phi) is 4.49. The first-order valence-corrected chi connectivity index (χ1v) is 8.28.